The molecule has 1 atom stereocenters. The Bertz CT molecular complexity index is 938. The zero-order valence-corrected chi connectivity index (χ0v) is 17.2. The fourth-order valence-corrected chi connectivity index (χ4v) is 3.23. The third kappa shape index (κ3) is 4.90. The van der Waals surface area contributed by atoms with Gasteiger partial charge >= 0.3 is 6.01 Å². The normalized spacial score (nSPS) is 12.0. The van der Waals surface area contributed by atoms with Crippen molar-refractivity contribution in [2.24, 2.45) is 0 Å². The van der Waals surface area contributed by atoms with E-state index in [-0.39, 0.29) is 17.8 Å². The van der Waals surface area contributed by atoms with Gasteiger partial charge in [-0.15, -0.1) is 5.10 Å². The standard InChI is InChI=1S/C23H27N3O3/c1-4-19(18-12-7-6-8-13-18)22(27)26-21(20-14-10-9-11-17(20)3)24-23(25-26)29-16-15-28-5-2/h6-14,19H,4-5,15-16H2,1-3H3. The lowest BCUT2D eigenvalue weighted by molar-refractivity contribution is 0.0854. The fourth-order valence-electron chi connectivity index (χ4n) is 3.23. The van der Waals surface area contributed by atoms with Gasteiger partial charge in [-0.05, 0) is 31.4 Å². The quantitative estimate of drug-likeness (QED) is 0.501. The van der Waals surface area contributed by atoms with Crippen LogP contribution in [0, 0.1) is 6.92 Å². The van der Waals surface area contributed by atoms with Crippen molar-refractivity contribution in [3.63, 3.8) is 0 Å². The van der Waals surface area contributed by atoms with Crippen molar-refractivity contribution in [1.82, 2.24) is 14.8 Å². The minimum Gasteiger partial charge on any atom is -0.460 e. The number of aryl methyl sites for hydroxylation is 1. The molecule has 3 aromatic rings. The molecule has 3 rings (SSSR count). The van der Waals surface area contributed by atoms with Crippen LogP contribution in [0.25, 0.3) is 11.4 Å². The van der Waals surface area contributed by atoms with Crippen molar-refractivity contribution in [2.75, 3.05) is 19.8 Å². The van der Waals surface area contributed by atoms with Gasteiger partial charge in [0, 0.05) is 12.2 Å². The number of rotatable bonds is 9. The average Bonchev–Trinajstić information content (AvgIpc) is 3.17. The summed E-state index contributed by atoms with van der Waals surface area (Å²) in [5.74, 6) is 0.0648. The first-order valence-corrected chi connectivity index (χ1v) is 9.98. The Balaban J connectivity index is 1.98. The molecule has 0 aliphatic rings. The zero-order chi connectivity index (χ0) is 20.6. The van der Waals surface area contributed by atoms with Crippen molar-refractivity contribution in [1.29, 1.82) is 0 Å². The topological polar surface area (TPSA) is 66.2 Å². The van der Waals surface area contributed by atoms with Gasteiger partial charge < -0.3 is 9.47 Å². The van der Waals surface area contributed by atoms with E-state index in [1.165, 1.54) is 4.68 Å². The number of carbonyl (C=O) groups excluding carboxylic acids is 1. The molecule has 0 saturated carbocycles. The molecule has 29 heavy (non-hydrogen) atoms. The van der Waals surface area contributed by atoms with Gasteiger partial charge in [0.25, 0.3) is 5.91 Å². The van der Waals surface area contributed by atoms with Gasteiger partial charge in [-0.3, -0.25) is 4.79 Å². The highest BCUT2D eigenvalue weighted by Gasteiger charge is 2.26. The van der Waals surface area contributed by atoms with Gasteiger partial charge in [-0.25, -0.2) is 0 Å². The molecule has 1 heterocycles. The van der Waals surface area contributed by atoms with E-state index in [1.54, 1.807) is 0 Å². The SMILES string of the molecule is CCOCCOc1nc(-c2ccccc2C)n(C(=O)C(CC)c2ccccc2)n1. The summed E-state index contributed by atoms with van der Waals surface area (Å²) in [5, 5.41) is 4.40. The molecule has 6 heteroatoms. The van der Waals surface area contributed by atoms with Crippen molar-refractivity contribution in [3.05, 3.63) is 65.7 Å². The van der Waals surface area contributed by atoms with Crippen LogP contribution >= 0.6 is 0 Å². The molecule has 152 valence electrons. The van der Waals surface area contributed by atoms with E-state index in [4.69, 9.17) is 9.47 Å². The predicted molar refractivity (Wildman–Crippen MR) is 112 cm³/mol. The van der Waals surface area contributed by atoms with E-state index in [0.29, 0.717) is 32.1 Å². The zero-order valence-electron chi connectivity index (χ0n) is 17.2. The second kappa shape index (κ2) is 9.98. The molecular formula is C23H27N3O3. The molecule has 0 spiro atoms. The van der Waals surface area contributed by atoms with Crippen LogP contribution in [0.3, 0.4) is 0 Å². The summed E-state index contributed by atoms with van der Waals surface area (Å²) in [7, 11) is 0. The molecule has 0 saturated heterocycles. The molecule has 1 unspecified atom stereocenters. The summed E-state index contributed by atoms with van der Waals surface area (Å²) in [4.78, 5) is 18.0. The number of ether oxygens (including phenoxy) is 2. The predicted octanol–water partition coefficient (Wildman–Crippen LogP) is 4.50. The van der Waals surface area contributed by atoms with E-state index >= 15 is 0 Å². The number of hydrogen-bond donors (Lipinski definition) is 0. The Morgan fingerprint density at radius 1 is 1.03 bits per heavy atom. The summed E-state index contributed by atoms with van der Waals surface area (Å²) in [6, 6.07) is 17.8. The highest BCUT2D eigenvalue weighted by molar-refractivity contribution is 5.88. The number of nitrogens with zero attached hydrogens (tertiary/aromatic N) is 3. The number of aromatic nitrogens is 3. The first-order valence-electron chi connectivity index (χ1n) is 9.98. The van der Waals surface area contributed by atoms with Gasteiger partial charge in [0.05, 0.1) is 12.5 Å². The Kier molecular flexibility index (Phi) is 7.14. The van der Waals surface area contributed by atoms with Crippen LogP contribution in [0.5, 0.6) is 6.01 Å². The monoisotopic (exact) mass is 393 g/mol. The van der Waals surface area contributed by atoms with Crippen LogP contribution in [0.4, 0.5) is 0 Å². The van der Waals surface area contributed by atoms with Gasteiger partial charge in [-0.1, -0.05) is 61.5 Å². The lowest BCUT2D eigenvalue weighted by Crippen LogP contribution is -2.22. The lowest BCUT2D eigenvalue weighted by atomic mass is 9.95. The average molecular weight is 393 g/mol. The molecule has 0 aliphatic heterocycles. The number of benzene rings is 2. The fraction of sp³-hybridized carbons (Fsp3) is 0.348. The van der Waals surface area contributed by atoms with Gasteiger partial charge in [0.15, 0.2) is 5.82 Å². The molecule has 0 amide bonds. The lowest BCUT2D eigenvalue weighted by Gasteiger charge is -2.15. The van der Waals surface area contributed by atoms with E-state index in [9.17, 15) is 4.79 Å². The molecule has 1 aromatic heterocycles. The molecule has 0 N–H and O–H groups in total. The van der Waals surface area contributed by atoms with Crippen LogP contribution in [-0.2, 0) is 4.74 Å². The maximum atomic E-state index is 13.5. The van der Waals surface area contributed by atoms with Crippen LogP contribution < -0.4 is 4.74 Å². The first kappa shape index (κ1) is 20.7. The molecule has 0 aliphatic carbocycles. The maximum Gasteiger partial charge on any atom is 0.336 e. The van der Waals surface area contributed by atoms with E-state index in [0.717, 1.165) is 16.7 Å². The molecular weight excluding hydrogens is 366 g/mol. The van der Waals surface area contributed by atoms with Crippen LogP contribution in [0.2, 0.25) is 0 Å². The van der Waals surface area contributed by atoms with Crippen molar-refractivity contribution < 1.29 is 14.3 Å². The summed E-state index contributed by atoms with van der Waals surface area (Å²) < 4.78 is 12.3. The Labute approximate surface area is 171 Å². The molecule has 6 nitrogen and oxygen atoms in total. The molecule has 0 fully saturated rings. The second-order valence-electron chi connectivity index (χ2n) is 6.70. The Morgan fingerprint density at radius 3 is 2.45 bits per heavy atom. The van der Waals surface area contributed by atoms with Crippen molar-refractivity contribution in [3.8, 4) is 17.4 Å². The van der Waals surface area contributed by atoms with E-state index in [2.05, 4.69) is 10.1 Å². The van der Waals surface area contributed by atoms with Gasteiger partial charge in [0.2, 0.25) is 0 Å². The first-order chi connectivity index (χ1) is 14.2. The summed E-state index contributed by atoms with van der Waals surface area (Å²) >= 11 is 0. The van der Waals surface area contributed by atoms with E-state index < -0.39 is 0 Å². The van der Waals surface area contributed by atoms with Gasteiger partial charge in [-0.2, -0.15) is 9.67 Å². The van der Waals surface area contributed by atoms with Crippen LogP contribution in [0.1, 0.15) is 42.1 Å². The van der Waals surface area contributed by atoms with Gasteiger partial charge in [0.1, 0.15) is 6.61 Å². The summed E-state index contributed by atoms with van der Waals surface area (Å²) in [6.45, 7) is 7.31. The second-order valence-corrected chi connectivity index (χ2v) is 6.70. The third-order valence-corrected chi connectivity index (χ3v) is 4.75. The van der Waals surface area contributed by atoms with E-state index in [1.807, 2.05) is 75.4 Å². The highest BCUT2D eigenvalue weighted by Crippen LogP contribution is 2.27. The molecule has 0 bridgehead atoms. The molecule has 2 aromatic carbocycles. The number of carbonyl (C=O) groups is 1. The third-order valence-electron chi connectivity index (χ3n) is 4.75. The number of hydrogen-bond acceptors (Lipinski definition) is 5. The Hall–Kier alpha value is -2.99. The minimum absolute atomic E-state index is 0.121. The highest BCUT2D eigenvalue weighted by atomic mass is 16.5. The largest absolute Gasteiger partial charge is 0.460 e. The molecule has 0 radical (unpaired) electrons. The smallest absolute Gasteiger partial charge is 0.336 e. The van der Waals surface area contributed by atoms with Crippen LogP contribution in [-0.4, -0.2) is 40.5 Å². The summed E-state index contributed by atoms with van der Waals surface area (Å²) in [5.41, 5.74) is 2.84. The van der Waals surface area contributed by atoms with Crippen LogP contribution in [0.15, 0.2) is 54.6 Å². The van der Waals surface area contributed by atoms with Crippen molar-refractivity contribution >= 4 is 5.91 Å². The summed E-state index contributed by atoms with van der Waals surface area (Å²) in [6.07, 6.45) is 0.663. The van der Waals surface area contributed by atoms with Crippen molar-refractivity contribution in [2.45, 2.75) is 33.1 Å². The minimum atomic E-state index is -0.308. The Morgan fingerprint density at radius 2 is 1.76 bits per heavy atom. The maximum absolute atomic E-state index is 13.5.